The van der Waals surface area contributed by atoms with Gasteiger partial charge in [-0.05, 0) is 17.7 Å². The highest BCUT2D eigenvalue weighted by molar-refractivity contribution is 7.99. The van der Waals surface area contributed by atoms with Crippen LogP contribution in [0.5, 0.6) is 11.5 Å². The van der Waals surface area contributed by atoms with Crippen molar-refractivity contribution in [2.45, 2.75) is 19.1 Å². The van der Waals surface area contributed by atoms with Gasteiger partial charge in [-0.2, -0.15) is 11.8 Å². The van der Waals surface area contributed by atoms with Crippen LogP contribution in [0.25, 0.3) is 0 Å². The summed E-state index contributed by atoms with van der Waals surface area (Å²) in [7, 11) is 1.62. The lowest BCUT2D eigenvalue weighted by Crippen LogP contribution is -2.40. The van der Waals surface area contributed by atoms with Crippen molar-refractivity contribution in [2.24, 2.45) is 0 Å². The van der Waals surface area contributed by atoms with Crippen LogP contribution in [0.1, 0.15) is 12.0 Å². The van der Waals surface area contributed by atoms with Crippen molar-refractivity contribution in [1.29, 1.82) is 0 Å². The van der Waals surface area contributed by atoms with Gasteiger partial charge in [0, 0.05) is 63.7 Å². The summed E-state index contributed by atoms with van der Waals surface area (Å²) in [5.74, 6) is 3.68. The van der Waals surface area contributed by atoms with Gasteiger partial charge in [0.2, 0.25) is 5.91 Å². The number of rotatable bonds is 8. The first-order valence-corrected chi connectivity index (χ1v) is 11.1. The maximum Gasteiger partial charge on any atom is 0.221 e. The quantitative estimate of drug-likeness (QED) is 0.658. The van der Waals surface area contributed by atoms with E-state index in [-0.39, 0.29) is 12.5 Å². The van der Waals surface area contributed by atoms with Crippen molar-refractivity contribution < 1.29 is 19.4 Å². The summed E-state index contributed by atoms with van der Waals surface area (Å²) < 4.78 is 11.3. The molecule has 2 aliphatic heterocycles. The maximum atomic E-state index is 11.5. The van der Waals surface area contributed by atoms with Gasteiger partial charge in [-0.15, -0.1) is 0 Å². The Kier molecular flexibility index (Phi) is 8.27. The second kappa shape index (κ2) is 10.9. The predicted molar refractivity (Wildman–Crippen MR) is 111 cm³/mol. The number of ether oxygens (including phenoxy) is 2. The fraction of sp³-hybridized carbons (Fsp3) is 0.650. The lowest BCUT2D eigenvalue weighted by molar-refractivity contribution is -0.120. The molecule has 1 aromatic carbocycles. The van der Waals surface area contributed by atoms with Crippen LogP contribution in [-0.2, 0) is 11.3 Å². The minimum atomic E-state index is -0.529. The maximum absolute atomic E-state index is 11.5. The van der Waals surface area contributed by atoms with Gasteiger partial charge < -0.3 is 19.9 Å². The smallest absolute Gasteiger partial charge is 0.221 e. The highest BCUT2D eigenvalue weighted by atomic mass is 32.2. The lowest BCUT2D eigenvalue weighted by atomic mass is 10.2. The van der Waals surface area contributed by atoms with Crippen LogP contribution >= 0.6 is 11.8 Å². The zero-order valence-corrected chi connectivity index (χ0v) is 17.4. The van der Waals surface area contributed by atoms with E-state index in [1.807, 2.05) is 30.0 Å². The number of methoxy groups -OCH3 is 1. The summed E-state index contributed by atoms with van der Waals surface area (Å²) in [4.78, 5) is 16.0. The lowest BCUT2D eigenvalue weighted by Gasteiger charge is -2.28. The molecule has 2 aliphatic rings. The number of benzene rings is 1. The number of carbonyl (C=O) groups excluding carboxylic acids is 1. The monoisotopic (exact) mass is 409 g/mol. The normalized spacial score (nSPS) is 20.3. The molecule has 0 saturated carbocycles. The van der Waals surface area contributed by atoms with Gasteiger partial charge in [-0.3, -0.25) is 14.6 Å². The van der Waals surface area contributed by atoms with Crippen molar-refractivity contribution in [1.82, 2.24) is 15.1 Å². The summed E-state index contributed by atoms with van der Waals surface area (Å²) in [6.45, 7) is 5.94. The van der Waals surface area contributed by atoms with E-state index in [0.29, 0.717) is 31.0 Å². The molecule has 1 unspecified atom stereocenters. The molecule has 2 heterocycles. The van der Waals surface area contributed by atoms with E-state index in [2.05, 4.69) is 15.1 Å². The number of aliphatic hydroxyl groups excluding tert-OH is 1. The van der Waals surface area contributed by atoms with Crippen LogP contribution in [0, 0.1) is 0 Å². The van der Waals surface area contributed by atoms with E-state index in [4.69, 9.17) is 9.47 Å². The molecule has 1 amide bonds. The van der Waals surface area contributed by atoms with Crippen LogP contribution < -0.4 is 14.8 Å². The van der Waals surface area contributed by atoms with Crippen LogP contribution in [0.15, 0.2) is 18.2 Å². The molecule has 0 aliphatic carbocycles. The molecule has 0 bridgehead atoms. The predicted octanol–water partition coefficient (Wildman–Crippen LogP) is 0.806. The molecule has 0 aromatic heterocycles. The van der Waals surface area contributed by atoms with Crippen LogP contribution in [-0.4, -0.2) is 91.4 Å². The average molecular weight is 410 g/mol. The Morgan fingerprint density at radius 2 is 2.00 bits per heavy atom. The van der Waals surface area contributed by atoms with Crippen molar-refractivity contribution in [3.63, 3.8) is 0 Å². The van der Waals surface area contributed by atoms with E-state index in [0.717, 1.165) is 49.8 Å². The fourth-order valence-corrected chi connectivity index (χ4v) is 4.46. The third-order valence-corrected chi connectivity index (χ3v) is 5.99. The molecule has 8 heteroatoms. The minimum Gasteiger partial charge on any atom is -0.493 e. The number of β-amino-alcohol motifs (C(OH)–C–C–N with tert-alkyl or cyclic N) is 1. The number of amides is 1. The number of nitrogens with one attached hydrogen (secondary N) is 1. The molecule has 0 radical (unpaired) electrons. The SMILES string of the molecule is COc1ccc(CN2CCNC(=O)CC2)cc1OCC(O)CN1CCSCC1. The van der Waals surface area contributed by atoms with Crippen molar-refractivity contribution >= 4 is 17.7 Å². The van der Waals surface area contributed by atoms with Crippen molar-refractivity contribution in [3.8, 4) is 11.5 Å². The number of carbonyl (C=O) groups is 1. The van der Waals surface area contributed by atoms with Gasteiger partial charge in [0.15, 0.2) is 11.5 Å². The van der Waals surface area contributed by atoms with Gasteiger partial charge in [0.1, 0.15) is 12.7 Å². The molecule has 28 heavy (non-hydrogen) atoms. The standard InChI is InChI=1S/C20H31N3O4S/c1-26-18-3-2-16(13-22-6-4-20(25)21-5-7-22)12-19(18)27-15-17(24)14-23-8-10-28-11-9-23/h2-3,12,17,24H,4-11,13-15H2,1H3,(H,21,25). The number of hydrogen-bond acceptors (Lipinski definition) is 7. The molecule has 2 fully saturated rings. The van der Waals surface area contributed by atoms with E-state index in [1.54, 1.807) is 7.11 Å². The van der Waals surface area contributed by atoms with E-state index in [1.165, 1.54) is 0 Å². The first kappa shape index (κ1) is 21.2. The Hall–Kier alpha value is -1.48. The third-order valence-electron chi connectivity index (χ3n) is 5.04. The molecule has 2 N–H and O–H groups in total. The number of thioether (sulfide) groups is 1. The average Bonchev–Trinajstić information content (AvgIpc) is 2.91. The van der Waals surface area contributed by atoms with Gasteiger partial charge in [0.05, 0.1) is 7.11 Å². The van der Waals surface area contributed by atoms with Gasteiger partial charge >= 0.3 is 0 Å². The Balaban J connectivity index is 1.55. The second-order valence-corrected chi connectivity index (χ2v) is 8.46. The molecular formula is C20H31N3O4S. The highest BCUT2D eigenvalue weighted by Crippen LogP contribution is 2.29. The Morgan fingerprint density at radius 1 is 1.18 bits per heavy atom. The minimum absolute atomic E-state index is 0.113. The topological polar surface area (TPSA) is 74.3 Å². The molecule has 156 valence electrons. The summed E-state index contributed by atoms with van der Waals surface area (Å²) in [5.41, 5.74) is 1.10. The van der Waals surface area contributed by atoms with Gasteiger partial charge in [-0.25, -0.2) is 0 Å². The molecule has 1 aromatic rings. The molecular weight excluding hydrogens is 378 g/mol. The van der Waals surface area contributed by atoms with Crippen molar-refractivity contribution in [2.75, 3.05) is 64.5 Å². The molecule has 3 rings (SSSR count). The van der Waals surface area contributed by atoms with Crippen LogP contribution in [0.2, 0.25) is 0 Å². The van der Waals surface area contributed by atoms with E-state index in [9.17, 15) is 9.90 Å². The van der Waals surface area contributed by atoms with Crippen molar-refractivity contribution in [3.05, 3.63) is 23.8 Å². The highest BCUT2D eigenvalue weighted by Gasteiger charge is 2.17. The summed E-state index contributed by atoms with van der Waals surface area (Å²) in [5, 5.41) is 13.2. The van der Waals surface area contributed by atoms with E-state index >= 15 is 0 Å². The van der Waals surface area contributed by atoms with Crippen LogP contribution in [0.4, 0.5) is 0 Å². The largest absolute Gasteiger partial charge is 0.493 e. The van der Waals surface area contributed by atoms with Crippen LogP contribution in [0.3, 0.4) is 0 Å². The first-order valence-electron chi connectivity index (χ1n) is 9.91. The zero-order valence-electron chi connectivity index (χ0n) is 16.6. The fourth-order valence-electron chi connectivity index (χ4n) is 3.48. The Labute approximate surface area is 171 Å². The molecule has 1 atom stereocenters. The number of nitrogens with zero attached hydrogens (tertiary/aromatic N) is 2. The van der Waals surface area contributed by atoms with E-state index < -0.39 is 6.10 Å². The molecule has 7 nitrogen and oxygen atoms in total. The molecule has 2 saturated heterocycles. The zero-order chi connectivity index (χ0) is 19.8. The Bertz CT molecular complexity index is 640. The number of hydrogen-bond donors (Lipinski definition) is 2. The third kappa shape index (κ3) is 6.55. The summed E-state index contributed by atoms with van der Waals surface area (Å²) in [6.07, 6.45) is -0.0000763. The summed E-state index contributed by atoms with van der Waals surface area (Å²) in [6, 6.07) is 5.90. The summed E-state index contributed by atoms with van der Waals surface area (Å²) >= 11 is 1.96. The van der Waals surface area contributed by atoms with Gasteiger partial charge in [-0.1, -0.05) is 6.07 Å². The first-order chi connectivity index (χ1) is 13.6. The Morgan fingerprint density at radius 3 is 2.79 bits per heavy atom. The number of aliphatic hydroxyl groups is 1. The molecule has 0 spiro atoms. The van der Waals surface area contributed by atoms with Gasteiger partial charge in [0.25, 0.3) is 0 Å². The second-order valence-electron chi connectivity index (χ2n) is 7.24.